The second kappa shape index (κ2) is 10.1. The lowest BCUT2D eigenvalue weighted by molar-refractivity contribution is -0.117. The Bertz CT molecular complexity index is 1170. The van der Waals surface area contributed by atoms with E-state index in [-0.39, 0.29) is 17.1 Å². The minimum Gasteiger partial charge on any atom is -0.495 e. The molecule has 0 unspecified atom stereocenters. The predicted molar refractivity (Wildman–Crippen MR) is 125 cm³/mol. The van der Waals surface area contributed by atoms with Crippen LogP contribution in [0.2, 0.25) is 0 Å². The Labute approximate surface area is 190 Å². The molecule has 31 heavy (non-hydrogen) atoms. The molecule has 0 aliphatic carbocycles. The maximum atomic E-state index is 13.2. The van der Waals surface area contributed by atoms with Crippen LogP contribution in [0, 0.1) is 6.92 Å². The fourth-order valence-corrected chi connectivity index (χ4v) is 4.93. The second-order valence-corrected chi connectivity index (χ2v) is 9.62. The third-order valence-corrected chi connectivity index (χ3v) is 6.58. The molecule has 8 heteroatoms. The van der Waals surface area contributed by atoms with Crippen LogP contribution in [0.5, 0.6) is 5.75 Å². The summed E-state index contributed by atoms with van der Waals surface area (Å²) in [5.74, 6) is -0.249. The number of methoxy groups -OCH3 is 1. The predicted octanol–water partition coefficient (Wildman–Crippen LogP) is 4.29. The van der Waals surface area contributed by atoms with Crippen molar-refractivity contribution in [3.05, 3.63) is 88.4 Å². The van der Waals surface area contributed by atoms with Crippen LogP contribution in [0.4, 0.5) is 5.69 Å². The summed E-state index contributed by atoms with van der Waals surface area (Å²) in [4.78, 5) is 13.1. The highest BCUT2D eigenvalue weighted by molar-refractivity contribution is 9.10. The molecular formula is C23H23BrN2O4S. The first-order valence-electron chi connectivity index (χ1n) is 9.56. The van der Waals surface area contributed by atoms with Crippen molar-refractivity contribution in [2.75, 3.05) is 12.4 Å². The average Bonchev–Trinajstić information content (AvgIpc) is 2.74. The monoisotopic (exact) mass is 502 g/mol. The number of halogens is 1. The first-order chi connectivity index (χ1) is 14.8. The number of sulfonamides is 1. The Morgan fingerprint density at radius 1 is 1.03 bits per heavy atom. The zero-order valence-electron chi connectivity index (χ0n) is 17.1. The van der Waals surface area contributed by atoms with Crippen LogP contribution < -0.4 is 14.8 Å². The van der Waals surface area contributed by atoms with Crippen molar-refractivity contribution in [2.24, 2.45) is 0 Å². The van der Waals surface area contributed by atoms with Gasteiger partial charge in [-0.25, -0.2) is 8.42 Å². The smallest absolute Gasteiger partial charge is 0.245 e. The van der Waals surface area contributed by atoms with Crippen molar-refractivity contribution in [3.8, 4) is 5.75 Å². The molecule has 2 N–H and O–H groups in total. The summed E-state index contributed by atoms with van der Waals surface area (Å²) >= 11 is 3.37. The number of nitrogens with one attached hydrogen (secondary N) is 2. The van der Waals surface area contributed by atoms with Crippen LogP contribution in [0.15, 0.2) is 82.2 Å². The Morgan fingerprint density at radius 3 is 2.45 bits per heavy atom. The van der Waals surface area contributed by atoms with Crippen molar-refractivity contribution in [1.29, 1.82) is 0 Å². The summed E-state index contributed by atoms with van der Waals surface area (Å²) in [5.41, 5.74) is 2.15. The molecular weight excluding hydrogens is 480 g/mol. The zero-order valence-corrected chi connectivity index (χ0v) is 19.5. The molecule has 0 bridgehead atoms. The number of ether oxygens (including phenoxy) is 1. The number of benzene rings is 3. The van der Waals surface area contributed by atoms with E-state index in [1.165, 1.54) is 13.2 Å². The minimum absolute atomic E-state index is 0.0108. The molecule has 0 aliphatic heterocycles. The number of amides is 1. The van der Waals surface area contributed by atoms with Crippen LogP contribution in [-0.4, -0.2) is 27.5 Å². The number of carbonyl (C=O) groups excluding carboxylic acids is 1. The maximum absolute atomic E-state index is 13.2. The molecule has 3 rings (SSSR count). The summed E-state index contributed by atoms with van der Waals surface area (Å²) in [6.45, 7) is 1.79. The van der Waals surface area contributed by atoms with Gasteiger partial charge in [0.1, 0.15) is 16.7 Å². The van der Waals surface area contributed by atoms with Gasteiger partial charge in [0.15, 0.2) is 0 Å². The molecule has 0 saturated heterocycles. The lowest BCUT2D eigenvalue weighted by atomic mass is 10.1. The van der Waals surface area contributed by atoms with Gasteiger partial charge in [-0.1, -0.05) is 58.4 Å². The Balaban J connectivity index is 1.92. The van der Waals surface area contributed by atoms with Crippen molar-refractivity contribution < 1.29 is 17.9 Å². The van der Waals surface area contributed by atoms with E-state index in [1.807, 2.05) is 36.4 Å². The first-order valence-corrected chi connectivity index (χ1v) is 11.8. The van der Waals surface area contributed by atoms with E-state index in [0.29, 0.717) is 5.69 Å². The highest BCUT2D eigenvalue weighted by atomic mass is 79.9. The zero-order chi connectivity index (χ0) is 22.4. The molecule has 0 aliphatic rings. The molecule has 1 atom stereocenters. The van der Waals surface area contributed by atoms with Gasteiger partial charge in [0, 0.05) is 10.2 Å². The molecule has 0 heterocycles. The number of hydrogen-bond acceptors (Lipinski definition) is 4. The van der Waals surface area contributed by atoms with Crippen molar-refractivity contribution in [3.63, 3.8) is 0 Å². The molecule has 0 fully saturated rings. The Kier molecular flexibility index (Phi) is 7.48. The molecule has 0 radical (unpaired) electrons. The molecule has 6 nitrogen and oxygen atoms in total. The van der Waals surface area contributed by atoms with Crippen LogP contribution in [0.3, 0.4) is 0 Å². The molecule has 0 spiro atoms. The maximum Gasteiger partial charge on any atom is 0.245 e. The summed E-state index contributed by atoms with van der Waals surface area (Å²) in [6.07, 6.45) is 0.189. The van der Waals surface area contributed by atoms with Gasteiger partial charge in [0.2, 0.25) is 15.9 Å². The van der Waals surface area contributed by atoms with E-state index in [9.17, 15) is 13.2 Å². The lowest BCUT2D eigenvalue weighted by Gasteiger charge is -2.20. The minimum atomic E-state index is -4.04. The van der Waals surface area contributed by atoms with Crippen molar-refractivity contribution in [1.82, 2.24) is 4.72 Å². The van der Waals surface area contributed by atoms with E-state index in [0.717, 1.165) is 15.6 Å². The highest BCUT2D eigenvalue weighted by Gasteiger charge is 2.28. The van der Waals surface area contributed by atoms with E-state index < -0.39 is 22.0 Å². The van der Waals surface area contributed by atoms with Crippen molar-refractivity contribution >= 4 is 37.5 Å². The number of hydrogen-bond donors (Lipinski definition) is 2. The van der Waals surface area contributed by atoms with Gasteiger partial charge in [0.05, 0.1) is 7.11 Å². The first kappa shape index (κ1) is 23.0. The van der Waals surface area contributed by atoms with E-state index >= 15 is 0 Å². The van der Waals surface area contributed by atoms with E-state index in [2.05, 4.69) is 26.0 Å². The Morgan fingerprint density at radius 2 is 1.77 bits per heavy atom. The van der Waals surface area contributed by atoms with E-state index in [1.54, 1.807) is 37.3 Å². The lowest BCUT2D eigenvalue weighted by Crippen LogP contribution is -2.45. The van der Waals surface area contributed by atoms with Crippen LogP contribution in [0.1, 0.15) is 11.1 Å². The molecule has 162 valence electrons. The molecule has 3 aromatic carbocycles. The van der Waals surface area contributed by atoms with Gasteiger partial charge in [-0.3, -0.25) is 4.79 Å². The van der Waals surface area contributed by atoms with Gasteiger partial charge in [-0.2, -0.15) is 4.72 Å². The normalized spacial score (nSPS) is 12.2. The number of aryl methyl sites for hydroxylation is 1. The molecule has 1 amide bonds. The van der Waals surface area contributed by atoms with Gasteiger partial charge in [-0.05, 0) is 54.8 Å². The third-order valence-electron chi connectivity index (χ3n) is 4.60. The van der Waals surface area contributed by atoms with Crippen molar-refractivity contribution in [2.45, 2.75) is 24.3 Å². The summed E-state index contributed by atoms with van der Waals surface area (Å²) in [7, 11) is -2.63. The van der Waals surface area contributed by atoms with Gasteiger partial charge in [-0.15, -0.1) is 0 Å². The molecule has 0 aromatic heterocycles. The molecule has 3 aromatic rings. The van der Waals surface area contributed by atoms with Gasteiger partial charge in [0.25, 0.3) is 0 Å². The fourth-order valence-electron chi connectivity index (χ4n) is 3.08. The summed E-state index contributed by atoms with van der Waals surface area (Å²) in [5, 5.41) is 2.79. The topological polar surface area (TPSA) is 84.5 Å². The third kappa shape index (κ3) is 6.16. The van der Waals surface area contributed by atoms with Crippen LogP contribution >= 0.6 is 15.9 Å². The number of rotatable bonds is 8. The van der Waals surface area contributed by atoms with E-state index in [4.69, 9.17) is 4.74 Å². The Hall–Kier alpha value is -2.68. The fraction of sp³-hybridized carbons (Fsp3) is 0.174. The summed E-state index contributed by atoms with van der Waals surface area (Å²) < 4.78 is 35.0. The average molecular weight is 503 g/mol. The number of anilines is 1. The standard InChI is InChI=1S/C23H23BrN2O4S/c1-16-11-12-21(30-2)22(13-16)31(28,29)26-20(14-17-7-4-3-5-8-17)23(27)25-19-10-6-9-18(24)15-19/h3-13,15,20,26H,14H2,1-2H3,(H,25,27)/t20-/m0/s1. The SMILES string of the molecule is COc1ccc(C)cc1S(=O)(=O)N[C@@H](Cc1ccccc1)C(=O)Nc1cccc(Br)c1. The quantitative estimate of drug-likeness (QED) is 0.480. The largest absolute Gasteiger partial charge is 0.495 e. The van der Waals surface area contributed by atoms with Gasteiger partial charge < -0.3 is 10.1 Å². The summed E-state index contributed by atoms with van der Waals surface area (Å²) in [6, 6.07) is 20.2. The van der Waals surface area contributed by atoms with Gasteiger partial charge >= 0.3 is 0 Å². The van der Waals surface area contributed by atoms with Crippen LogP contribution in [-0.2, 0) is 21.2 Å². The highest BCUT2D eigenvalue weighted by Crippen LogP contribution is 2.25. The van der Waals surface area contributed by atoms with Crippen LogP contribution in [0.25, 0.3) is 0 Å². The number of carbonyl (C=O) groups is 1. The second-order valence-electron chi connectivity index (χ2n) is 7.02. The molecule has 0 saturated carbocycles.